The summed E-state index contributed by atoms with van der Waals surface area (Å²) in [6.45, 7) is 1.94. The van der Waals surface area contributed by atoms with Crippen LogP contribution in [-0.2, 0) is 4.79 Å². The van der Waals surface area contributed by atoms with Gasteiger partial charge in [-0.1, -0.05) is 6.07 Å². The van der Waals surface area contributed by atoms with E-state index in [4.69, 9.17) is 4.98 Å². The molecule has 0 spiro atoms. The Morgan fingerprint density at radius 3 is 2.77 bits per heavy atom. The van der Waals surface area contributed by atoms with Gasteiger partial charge in [-0.05, 0) is 74.3 Å². The molecule has 4 N–H and O–H groups in total. The summed E-state index contributed by atoms with van der Waals surface area (Å²) in [5, 5.41) is 15.0. The summed E-state index contributed by atoms with van der Waals surface area (Å²) in [6, 6.07) is 15.6. The largest absolute Gasteiger partial charge is 0.338 e. The first-order chi connectivity index (χ1) is 19.7. The number of carbonyl (C=O) groups is 1. The Morgan fingerprint density at radius 1 is 0.975 bits per heavy atom. The number of rotatable bonds is 6. The minimum Gasteiger partial charge on any atom is -0.338 e. The van der Waals surface area contributed by atoms with E-state index in [0.29, 0.717) is 23.7 Å². The summed E-state index contributed by atoms with van der Waals surface area (Å²) in [5.41, 5.74) is 7.87. The summed E-state index contributed by atoms with van der Waals surface area (Å²) in [4.78, 5) is 34.4. The number of nitrogens with zero attached hydrogens (tertiary/aromatic N) is 5. The molecule has 0 aromatic carbocycles. The predicted molar refractivity (Wildman–Crippen MR) is 154 cm³/mol. The van der Waals surface area contributed by atoms with E-state index in [1.54, 1.807) is 24.8 Å². The molecule has 0 saturated carbocycles. The maximum Gasteiger partial charge on any atom is 0.224 e. The van der Waals surface area contributed by atoms with Crippen LogP contribution in [0.4, 0.5) is 5.69 Å². The molecule has 0 radical (unpaired) electrons. The van der Waals surface area contributed by atoms with Crippen LogP contribution in [0.2, 0.25) is 0 Å². The zero-order chi connectivity index (χ0) is 26.9. The highest BCUT2D eigenvalue weighted by atomic mass is 16.1. The zero-order valence-electron chi connectivity index (χ0n) is 21.7. The van der Waals surface area contributed by atoms with E-state index in [1.165, 1.54) is 0 Å². The molecule has 198 valence electrons. The fraction of sp³-hybridized carbons (Fsp3) is 0.200. The minimum atomic E-state index is 0.0175. The summed E-state index contributed by atoms with van der Waals surface area (Å²) < 4.78 is 0. The Morgan fingerprint density at radius 2 is 1.90 bits per heavy atom. The molecule has 10 heteroatoms. The number of H-pyrrole nitrogens is 2. The standard InChI is InChI=1S/C30H27N9O/c40-27(13-18-6-10-31-11-7-18)35-20-14-19(16-32-17-20)23-4-5-25-28(36-23)29(39-38-25)26-15-22-21(8-12-34-30(22)37-26)24-3-1-2-9-33-24/h1-5,8-9,12,14-18,31H,6-7,10-11,13H2,(H,34,37)(H,35,40)(H,38,39). The van der Waals surface area contributed by atoms with E-state index in [1.807, 2.05) is 48.5 Å². The van der Waals surface area contributed by atoms with Crippen LogP contribution in [-0.4, -0.2) is 54.1 Å². The smallest absolute Gasteiger partial charge is 0.224 e. The molecular formula is C30H27N9O. The van der Waals surface area contributed by atoms with Crippen LogP contribution < -0.4 is 10.6 Å². The number of piperidine rings is 1. The fourth-order valence-electron chi connectivity index (χ4n) is 5.36. The number of fused-ring (bicyclic) bond motifs is 2. The molecule has 6 aromatic heterocycles. The number of amides is 1. The van der Waals surface area contributed by atoms with Crippen LogP contribution in [0.25, 0.3) is 56.0 Å². The van der Waals surface area contributed by atoms with Gasteiger partial charge in [0.25, 0.3) is 0 Å². The van der Waals surface area contributed by atoms with E-state index in [-0.39, 0.29) is 5.91 Å². The number of aromatic nitrogens is 7. The van der Waals surface area contributed by atoms with Gasteiger partial charge in [-0.3, -0.25) is 19.9 Å². The van der Waals surface area contributed by atoms with E-state index in [9.17, 15) is 4.79 Å². The maximum atomic E-state index is 12.7. The van der Waals surface area contributed by atoms with Gasteiger partial charge < -0.3 is 15.6 Å². The Kier molecular flexibility index (Phi) is 6.21. The number of anilines is 1. The van der Waals surface area contributed by atoms with Crippen molar-refractivity contribution in [2.24, 2.45) is 5.92 Å². The fourth-order valence-corrected chi connectivity index (χ4v) is 5.36. The first kappa shape index (κ1) is 24.1. The van der Waals surface area contributed by atoms with Crippen molar-refractivity contribution in [1.29, 1.82) is 0 Å². The lowest BCUT2D eigenvalue weighted by molar-refractivity contribution is -0.117. The van der Waals surface area contributed by atoms with Crippen LogP contribution in [0.3, 0.4) is 0 Å². The number of aromatic amines is 2. The van der Waals surface area contributed by atoms with Crippen LogP contribution in [0.1, 0.15) is 19.3 Å². The van der Waals surface area contributed by atoms with Gasteiger partial charge in [0.15, 0.2) is 0 Å². The van der Waals surface area contributed by atoms with Crippen molar-refractivity contribution in [2.75, 3.05) is 18.4 Å². The molecule has 1 amide bonds. The second-order valence-corrected chi connectivity index (χ2v) is 10.1. The molecule has 1 saturated heterocycles. The number of carbonyl (C=O) groups excluding carboxylic acids is 1. The summed E-state index contributed by atoms with van der Waals surface area (Å²) in [7, 11) is 0. The van der Waals surface area contributed by atoms with Crippen molar-refractivity contribution < 1.29 is 4.79 Å². The van der Waals surface area contributed by atoms with Crippen molar-refractivity contribution in [1.82, 2.24) is 40.4 Å². The first-order valence-corrected chi connectivity index (χ1v) is 13.4. The molecular weight excluding hydrogens is 502 g/mol. The first-order valence-electron chi connectivity index (χ1n) is 13.4. The Balaban J connectivity index is 1.19. The zero-order valence-corrected chi connectivity index (χ0v) is 21.7. The van der Waals surface area contributed by atoms with E-state index in [0.717, 1.165) is 76.2 Å². The minimum absolute atomic E-state index is 0.0175. The van der Waals surface area contributed by atoms with Crippen LogP contribution >= 0.6 is 0 Å². The molecule has 7 heterocycles. The lowest BCUT2D eigenvalue weighted by Gasteiger charge is -2.21. The molecule has 6 aromatic rings. The molecule has 0 bridgehead atoms. The Labute approximate surface area is 229 Å². The lowest BCUT2D eigenvalue weighted by atomic mass is 9.94. The normalized spacial score (nSPS) is 14.1. The third-order valence-electron chi connectivity index (χ3n) is 7.39. The molecule has 40 heavy (non-hydrogen) atoms. The van der Waals surface area contributed by atoms with Gasteiger partial charge in [0, 0.05) is 41.5 Å². The Hall–Kier alpha value is -4.96. The number of nitrogens with one attached hydrogen (secondary N) is 4. The van der Waals surface area contributed by atoms with Gasteiger partial charge in [-0.2, -0.15) is 5.10 Å². The number of hydrogen-bond donors (Lipinski definition) is 4. The highest BCUT2D eigenvalue weighted by Crippen LogP contribution is 2.33. The van der Waals surface area contributed by atoms with Crippen molar-refractivity contribution in [3.05, 3.63) is 73.3 Å². The van der Waals surface area contributed by atoms with E-state index < -0.39 is 0 Å². The monoisotopic (exact) mass is 529 g/mol. The predicted octanol–water partition coefficient (Wildman–Crippen LogP) is 4.95. The third-order valence-corrected chi connectivity index (χ3v) is 7.39. The molecule has 0 unspecified atom stereocenters. The average Bonchev–Trinajstić information content (AvgIpc) is 3.62. The van der Waals surface area contributed by atoms with Crippen LogP contribution in [0, 0.1) is 5.92 Å². The quantitative estimate of drug-likeness (QED) is 0.239. The van der Waals surface area contributed by atoms with E-state index in [2.05, 4.69) is 40.8 Å². The van der Waals surface area contributed by atoms with Crippen molar-refractivity contribution in [3.63, 3.8) is 0 Å². The van der Waals surface area contributed by atoms with Gasteiger partial charge in [-0.15, -0.1) is 0 Å². The van der Waals surface area contributed by atoms with Crippen molar-refractivity contribution in [3.8, 4) is 33.9 Å². The second-order valence-electron chi connectivity index (χ2n) is 10.1. The van der Waals surface area contributed by atoms with Crippen LogP contribution in [0.5, 0.6) is 0 Å². The molecule has 1 fully saturated rings. The second kappa shape index (κ2) is 10.3. The van der Waals surface area contributed by atoms with Gasteiger partial charge in [-0.25, -0.2) is 9.97 Å². The van der Waals surface area contributed by atoms with Crippen molar-refractivity contribution >= 4 is 33.7 Å². The molecule has 1 aliphatic rings. The topological polar surface area (TPSA) is 137 Å². The highest BCUT2D eigenvalue weighted by Gasteiger charge is 2.18. The number of pyridine rings is 4. The molecule has 7 rings (SSSR count). The molecule has 0 atom stereocenters. The summed E-state index contributed by atoms with van der Waals surface area (Å²) >= 11 is 0. The molecule has 0 aliphatic carbocycles. The Bertz CT molecular complexity index is 1820. The van der Waals surface area contributed by atoms with Gasteiger partial charge >= 0.3 is 0 Å². The summed E-state index contributed by atoms with van der Waals surface area (Å²) in [5.74, 6) is 0.435. The van der Waals surface area contributed by atoms with Crippen LogP contribution in [0.15, 0.2) is 73.3 Å². The summed E-state index contributed by atoms with van der Waals surface area (Å²) in [6.07, 6.45) is 9.56. The van der Waals surface area contributed by atoms with Crippen molar-refractivity contribution in [2.45, 2.75) is 19.3 Å². The van der Waals surface area contributed by atoms with Gasteiger partial charge in [0.1, 0.15) is 16.9 Å². The molecule has 1 aliphatic heterocycles. The highest BCUT2D eigenvalue weighted by molar-refractivity contribution is 5.98. The lowest BCUT2D eigenvalue weighted by Crippen LogP contribution is -2.30. The number of hydrogen-bond acceptors (Lipinski definition) is 7. The maximum absolute atomic E-state index is 12.7. The average molecular weight is 530 g/mol. The van der Waals surface area contributed by atoms with Gasteiger partial charge in [0.05, 0.1) is 34.5 Å². The van der Waals surface area contributed by atoms with E-state index >= 15 is 0 Å². The third kappa shape index (κ3) is 4.69. The van der Waals surface area contributed by atoms with Gasteiger partial charge in [0.2, 0.25) is 5.91 Å². The molecule has 10 nitrogen and oxygen atoms in total. The SMILES string of the molecule is O=C(CC1CCNCC1)Nc1cncc(-c2ccc3[nH]nc(-c4cc5c(-c6ccccn6)ccnc5[nH]4)c3n2)c1.